The SMILES string of the molecule is CO[C@@H](c1cc(Br)c(O)c(C(C)(C)C)c1)[C@H](Br)C(=O)c1ccccc1. The van der Waals surface area contributed by atoms with Crippen LogP contribution in [0.5, 0.6) is 5.75 Å². The molecule has 0 aromatic heterocycles. The molecule has 0 heterocycles. The summed E-state index contributed by atoms with van der Waals surface area (Å²) in [4.78, 5) is 12.2. The van der Waals surface area contributed by atoms with E-state index in [1.807, 2.05) is 45.0 Å². The molecule has 0 saturated heterocycles. The van der Waals surface area contributed by atoms with Crippen LogP contribution >= 0.6 is 31.9 Å². The highest BCUT2D eigenvalue weighted by atomic mass is 79.9. The third-order valence-corrected chi connectivity index (χ3v) is 5.55. The van der Waals surface area contributed by atoms with Gasteiger partial charge < -0.3 is 9.84 Å². The normalized spacial score (nSPS) is 14.2. The Balaban J connectivity index is 2.44. The van der Waals surface area contributed by atoms with Gasteiger partial charge in [0.25, 0.3) is 0 Å². The van der Waals surface area contributed by atoms with Crippen molar-refractivity contribution in [1.29, 1.82) is 0 Å². The largest absolute Gasteiger partial charge is 0.506 e. The summed E-state index contributed by atoms with van der Waals surface area (Å²) in [6.07, 6.45) is -0.481. The standard InChI is InChI=1S/C20H22Br2O3/c1-20(2,3)14-10-13(11-15(21)18(14)24)19(25-4)16(22)17(23)12-8-6-5-7-9-12/h5-11,16,19,24H,1-4H3/t16-,19+/m1/s1. The predicted octanol–water partition coefficient (Wildman–Crippen LogP) is 5.79. The summed E-state index contributed by atoms with van der Waals surface area (Å²) >= 11 is 6.92. The molecule has 0 bridgehead atoms. The van der Waals surface area contributed by atoms with E-state index in [1.54, 1.807) is 25.3 Å². The summed E-state index contributed by atoms with van der Waals surface area (Å²) in [7, 11) is 1.58. The summed E-state index contributed by atoms with van der Waals surface area (Å²) in [6, 6.07) is 12.8. The minimum absolute atomic E-state index is 0.0473. The molecular formula is C20H22Br2O3. The monoisotopic (exact) mass is 468 g/mol. The maximum absolute atomic E-state index is 12.8. The average Bonchev–Trinajstić information content (AvgIpc) is 2.57. The maximum atomic E-state index is 12.8. The predicted molar refractivity (Wildman–Crippen MR) is 108 cm³/mol. The Labute approximate surface area is 165 Å². The number of methoxy groups -OCH3 is 1. The van der Waals surface area contributed by atoms with Gasteiger partial charge in [0.1, 0.15) is 16.7 Å². The fraction of sp³-hybridized carbons (Fsp3) is 0.350. The van der Waals surface area contributed by atoms with Crippen LogP contribution in [0, 0.1) is 0 Å². The average molecular weight is 470 g/mol. The Morgan fingerprint density at radius 3 is 2.28 bits per heavy atom. The van der Waals surface area contributed by atoms with Gasteiger partial charge in [0.15, 0.2) is 5.78 Å². The first-order chi connectivity index (χ1) is 11.7. The molecule has 5 heteroatoms. The second kappa shape index (κ2) is 8.02. The summed E-state index contributed by atoms with van der Waals surface area (Å²) in [5, 5.41) is 10.4. The molecular weight excluding hydrogens is 448 g/mol. The van der Waals surface area contributed by atoms with E-state index in [4.69, 9.17) is 4.74 Å². The van der Waals surface area contributed by atoms with E-state index < -0.39 is 10.9 Å². The number of carbonyl (C=O) groups is 1. The molecule has 0 radical (unpaired) electrons. The molecule has 134 valence electrons. The molecule has 3 nitrogen and oxygen atoms in total. The van der Waals surface area contributed by atoms with Gasteiger partial charge >= 0.3 is 0 Å². The highest BCUT2D eigenvalue weighted by Gasteiger charge is 2.30. The van der Waals surface area contributed by atoms with Crippen molar-refractivity contribution in [3.8, 4) is 5.75 Å². The number of ketones is 1. The fourth-order valence-electron chi connectivity index (χ4n) is 2.68. The summed E-state index contributed by atoms with van der Waals surface area (Å²) in [5.41, 5.74) is 2.00. The fourth-order valence-corrected chi connectivity index (χ4v) is 3.94. The highest BCUT2D eigenvalue weighted by Crippen LogP contribution is 2.40. The molecule has 2 aromatic rings. The minimum atomic E-state index is -0.538. The molecule has 0 saturated carbocycles. The third kappa shape index (κ3) is 4.52. The van der Waals surface area contributed by atoms with Crippen molar-refractivity contribution in [2.45, 2.75) is 37.1 Å². The van der Waals surface area contributed by atoms with Crippen LogP contribution in [0.3, 0.4) is 0 Å². The van der Waals surface area contributed by atoms with Gasteiger partial charge in [0, 0.05) is 18.2 Å². The second-order valence-electron chi connectivity index (χ2n) is 6.94. The Morgan fingerprint density at radius 1 is 1.16 bits per heavy atom. The van der Waals surface area contributed by atoms with Crippen LogP contribution < -0.4 is 0 Å². The van der Waals surface area contributed by atoms with E-state index in [9.17, 15) is 9.90 Å². The molecule has 1 N–H and O–H groups in total. The lowest BCUT2D eigenvalue weighted by Gasteiger charge is -2.26. The Bertz CT molecular complexity index is 752. The van der Waals surface area contributed by atoms with Crippen LogP contribution in [0.4, 0.5) is 0 Å². The van der Waals surface area contributed by atoms with Crippen LogP contribution in [0.2, 0.25) is 0 Å². The first-order valence-electron chi connectivity index (χ1n) is 7.95. The van der Waals surface area contributed by atoms with Gasteiger partial charge in [-0.05, 0) is 39.0 Å². The van der Waals surface area contributed by atoms with Crippen LogP contribution in [0.1, 0.15) is 48.4 Å². The van der Waals surface area contributed by atoms with Gasteiger partial charge in [-0.25, -0.2) is 0 Å². The number of aromatic hydroxyl groups is 1. The maximum Gasteiger partial charge on any atom is 0.179 e. The lowest BCUT2D eigenvalue weighted by atomic mass is 9.84. The first-order valence-corrected chi connectivity index (χ1v) is 9.66. The summed E-state index contributed by atoms with van der Waals surface area (Å²) in [5.74, 6) is 0.167. The van der Waals surface area contributed by atoms with Gasteiger partial charge in [-0.1, -0.05) is 67.0 Å². The van der Waals surface area contributed by atoms with E-state index in [0.717, 1.165) is 11.1 Å². The number of hydrogen-bond acceptors (Lipinski definition) is 3. The number of alkyl halides is 1. The van der Waals surface area contributed by atoms with Gasteiger partial charge in [-0.3, -0.25) is 4.79 Å². The zero-order valence-corrected chi connectivity index (χ0v) is 17.9. The smallest absolute Gasteiger partial charge is 0.179 e. The van der Waals surface area contributed by atoms with E-state index in [2.05, 4.69) is 31.9 Å². The number of phenols is 1. The van der Waals surface area contributed by atoms with Gasteiger partial charge in [0.2, 0.25) is 0 Å². The van der Waals surface area contributed by atoms with Crippen molar-refractivity contribution >= 4 is 37.6 Å². The third-order valence-electron chi connectivity index (χ3n) is 4.05. The molecule has 0 spiro atoms. The number of rotatable bonds is 5. The lowest BCUT2D eigenvalue weighted by molar-refractivity contribution is 0.0769. The zero-order valence-electron chi connectivity index (χ0n) is 14.7. The number of halogens is 2. The molecule has 0 fully saturated rings. The molecule has 0 amide bonds. The second-order valence-corrected chi connectivity index (χ2v) is 8.78. The number of hydrogen-bond donors (Lipinski definition) is 1. The van der Waals surface area contributed by atoms with E-state index in [-0.39, 0.29) is 16.9 Å². The Kier molecular flexibility index (Phi) is 6.46. The molecule has 0 unspecified atom stereocenters. The number of carbonyl (C=O) groups excluding carboxylic acids is 1. The van der Waals surface area contributed by atoms with Crippen LogP contribution in [0.25, 0.3) is 0 Å². The Hall–Kier alpha value is -1.17. The van der Waals surface area contributed by atoms with Gasteiger partial charge in [0.05, 0.1) is 4.47 Å². The first kappa shape index (κ1) is 20.1. The van der Waals surface area contributed by atoms with E-state index >= 15 is 0 Å². The molecule has 0 aliphatic rings. The molecule has 25 heavy (non-hydrogen) atoms. The Morgan fingerprint density at radius 2 is 1.76 bits per heavy atom. The lowest BCUT2D eigenvalue weighted by Crippen LogP contribution is -2.24. The van der Waals surface area contributed by atoms with Gasteiger partial charge in [-0.2, -0.15) is 0 Å². The van der Waals surface area contributed by atoms with Crippen LogP contribution in [-0.2, 0) is 10.2 Å². The summed E-state index contributed by atoms with van der Waals surface area (Å²) < 4.78 is 6.22. The van der Waals surface area contributed by atoms with Gasteiger partial charge in [-0.15, -0.1) is 0 Å². The number of phenolic OH excluding ortho intramolecular Hbond substituents is 1. The quantitative estimate of drug-likeness (QED) is 0.445. The topological polar surface area (TPSA) is 46.5 Å². The van der Waals surface area contributed by atoms with Crippen LogP contribution in [0.15, 0.2) is 46.9 Å². The van der Waals surface area contributed by atoms with Crippen molar-refractivity contribution < 1.29 is 14.6 Å². The molecule has 0 aliphatic carbocycles. The van der Waals surface area contributed by atoms with Crippen molar-refractivity contribution in [3.63, 3.8) is 0 Å². The van der Waals surface area contributed by atoms with E-state index in [1.165, 1.54) is 0 Å². The van der Waals surface area contributed by atoms with Crippen molar-refractivity contribution in [2.24, 2.45) is 0 Å². The zero-order chi connectivity index (χ0) is 18.8. The summed E-state index contributed by atoms with van der Waals surface area (Å²) in [6.45, 7) is 6.09. The molecule has 0 aliphatic heterocycles. The van der Waals surface area contributed by atoms with E-state index in [0.29, 0.717) is 10.0 Å². The van der Waals surface area contributed by atoms with Crippen molar-refractivity contribution in [1.82, 2.24) is 0 Å². The van der Waals surface area contributed by atoms with Crippen molar-refractivity contribution in [3.05, 3.63) is 63.6 Å². The minimum Gasteiger partial charge on any atom is -0.506 e. The number of Topliss-reactive ketones (excluding diaryl/α,β-unsaturated/α-hetero) is 1. The number of benzene rings is 2. The van der Waals surface area contributed by atoms with Crippen LogP contribution in [-0.4, -0.2) is 22.8 Å². The molecule has 2 rings (SSSR count). The molecule has 2 atom stereocenters. The highest BCUT2D eigenvalue weighted by molar-refractivity contribution is 9.10. The number of ether oxygens (including phenoxy) is 1. The molecule has 2 aromatic carbocycles. The van der Waals surface area contributed by atoms with Crippen molar-refractivity contribution in [2.75, 3.05) is 7.11 Å².